The number of aryl methyl sites for hydroxylation is 1. The van der Waals surface area contributed by atoms with Crippen LogP contribution in [0.5, 0.6) is 5.75 Å². The molecule has 2 heteroatoms. The third-order valence-electron chi connectivity index (χ3n) is 7.03. The van der Waals surface area contributed by atoms with Crippen molar-refractivity contribution in [3.05, 3.63) is 65.2 Å². The maximum atomic E-state index is 6.10. The zero-order valence-electron chi connectivity index (χ0n) is 16.1. The Morgan fingerprint density at radius 1 is 1.00 bits per heavy atom. The van der Waals surface area contributed by atoms with Crippen molar-refractivity contribution >= 4 is 0 Å². The summed E-state index contributed by atoms with van der Waals surface area (Å²) in [5, 5.41) is 3.76. The topological polar surface area (TPSA) is 21.3 Å². The molecule has 2 bridgehead atoms. The van der Waals surface area contributed by atoms with Gasteiger partial charge in [-0.2, -0.15) is 0 Å². The zero-order chi connectivity index (χ0) is 18.0. The predicted molar refractivity (Wildman–Crippen MR) is 108 cm³/mol. The fourth-order valence-electron chi connectivity index (χ4n) is 5.56. The van der Waals surface area contributed by atoms with Crippen LogP contribution in [-0.4, -0.2) is 12.6 Å². The Morgan fingerprint density at radius 2 is 1.81 bits per heavy atom. The van der Waals surface area contributed by atoms with E-state index in [2.05, 4.69) is 61.8 Å². The molecule has 0 saturated heterocycles. The van der Waals surface area contributed by atoms with Gasteiger partial charge in [0.25, 0.3) is 0 Å². The highest BCUT2D eigenvalue weighted by Gasteiger charge is 2.48. The molecule has 0 aromatic heterocycles. The fraction of sp³-hybridized carbons (Fsp3) is 0.500. The van der Waals surface area contributed by atoms with Gasteiger partial charge in [-0.05, 0) is 86.2 Å². The Labute approximate surface area is 158 Å². The summed E-state index contributed by atoms with van der Waals surface area (Å²) < 4.78 is 6.10. The monoisotopic (exact) mass is 349 g/mol. The second-order valence-corrected chi connectivity index (χ2v) is 8.06. The first kappa shape index (κ1) is 17.6. The predicted octanol–water partition coefficient (Wildman–Crippen LogP) is 5.15. The first-order valence-electron chi connectivity index (χ1n) is 10.2. The Morgan fingerprint density at radius 3 is 2.58 bits per heavy atom. The molecule has 138 valence electrons. The summed E-state index contributed by atoms with van der Waals surface area (Å²) in [6.45, 7) is 3.00. The molecule has 0 amide bonds. The van der Waals surface area contributed by atoms with Crippen LogP contribution in [0, 0.1) is 11.8 Å². The minimum absolute atomic E-state index is 0.332. The second-order valence-electron chi connectivity index (χ2n) is 8.06. The zero-order valence-corrected chi connectivity index (χ0v) is 16.1. The minimum Gasteiger partial charge on any atom is -0.489 e. The first-order valence-corrected chi connectivity index (χ1v) is 10.2. The van der Waals surface area contributed by atoms with E-state index in [-0.39, 0.29) is 0 Å². The lowest BCUT2D eigenvalue weighted by atomic mass is 9.71. The smallest absolute Gasteiger partial charge is 0.120 e. The Balaban J connectivity index is 1.55. The van der Waals surface area contributed by atoms with Crippen LogP contribution in [0.4, 0.5) is 0 Å². The van der Waals surface area contributed by atoms with Gasteiger partial charge in [0.15, 0.2) is 0 Å². The summed E-state index contributed by atoms with van der Waals surface area (Å²) in [6, 6.07) is 17.2. The van der Waals surface area contributed by atoms with E-state index in [1.54, 1.807) is 0 Å². The lowest BCUT2D eigenvalue weighted by Gasteiger charge is -2.42. The van der Waals surface area contributed by atoms with Crippen molar-refractivity contribution in [3.63, 3.8) is 0 Å². The molecule has 0 heterocycles. The van der Waals surface area contributed by atoms with Gasteiger partial charge in [0.05, 0.1) is 0 Å². The third-order valence-corrected chi connectivity index (χ3v) is 7.03. The number of nitrogens with one attached hydrogen (secondary N) is 1. The normalized spacial score (nSPS) is 27.5. The van der Waals surface area contributed by atoms with Crippen LogP contribution in [-0.2, 0) is 19.4 Å². The van der Waals surface area contributed by atoms with Gasteiger partial charge in [0, 0.05) is 5.54 Å². The van der Waals surface area contributed by atoms with Gasteiger partial charge in [-0.1, -0.05) is 43.3 Å². The molecule has 1 N–H and O–H groups in total. The van der Waals surface area contributed by atoms with Gasteiger partial charge in [-0.25, -0.2) is 0 Å². The van der Waals surface area contributed by atoms with E-state index in [9.17, 15) is 0 Å². The Hall–Kier alpha value is -1.80. The van der Waals surface area contributed by atoms with E-state index in [0.29, 0.717) is 12.1 Å². The van der Waals surface area contributed by atoms with Crippen LogP contribution >= 0.6 is 0 Å². The number of hydrogen-bond donors (Lipinski definition) is 1. The summed E-state index contributed by atoms with van der Waals surface area (Å²) in [6.07, 6.45) is 7.66. The molecule has 3 atom stereocenters. The highest BCUT2D eigenvalue weighted by Crippen LogP contribution is 2.48. The molecule has 0 unspecified atom stereocenters. The van der Waals surface area contributed by atoms with Crippen LogP contribution in [0.25, 0.3) is 0 Å². The van der Waals surface area contributed by atoms with Gasteiger partial charge < -0.3 is 10.1 Å². The number of rotatable bonds is 5. The van der Waals surface area contributed by atoms with Crippen molar-refractivity contribution in [1.29, 1.82) is 0 Å². The molecule has 2 aromatic rings. The molecule has 2 nitrogen and oxygen atoms in total. The third kappa shape index (κ3) is 3.16. The number of fused-ring (bicyclic) bond motifs is 3. The number of hydrogen-bond acceptors (Lipinski definition) is 2. The SMILES string of the molecule is CC[C@@]1(NC)[C@@H]2CCc3ccc(OCc4ccccc4)cc3C[C@H]1CC2. The molecule has 1 saturated carbocycles. The van der Waals surface area contributed by atoms with E-state index in [4.69, 9.17) is 4.74 Å². The van der Waals surface area contributed by atoms with E-state index in [1.807, 2.05) is 6.07 Å². The highest BCUT2D eigenvalue weighted by atomic mass is 16.5. The lowest BCUT2D eigenvalue weighted by Crippen LogP contribution is -2.52. The number of ether oxygens (including phenoxy) is 1. The van der Waals surface area contributed by atoms with Crippen LogP contribution < -0.4 is 10.1 Å². The van der Waals surface area contributed by atoms with E-state index in [0.717, 1.165) is 17.6 Å². The average molecular weight is 350 g/mol. The van der Waals surface area contributed by atoms with Crippen LogP contribution in [0.2, 0.25) is 0 Å². The molecule has 0 aliphatic heterocycles. The van der Waals surface area contributed by atoms with E-state index >= 15 is 0 Å². The van der Waals surface area contributed by atoms with Gasteiger partial charge in [-0.15, -0.1) is 0 Å². The molecule has 2 aromatic carbocycles. The molecule has 0 radical (unpaired) electrons. The summed E-state index contributed by atoms with van der Waals surface area (Å²) in [5.41, 5.74) is 4.60. The highest BCUT2D eigenvalue weighted by molar-refractivity contribution is 5.38. The van der Waals surface area contributed by atoms with Crippen LogP contribution in [0.1, 0.15) is 49.3 Å². The molecule has 4 rings (SSSR count). The summed E-state index contributed by atoms with van der Waals surface area (Å²) in [5.74, 6) is 2.57. The molecular formula is C24H31NO. The molecule has 0 spiro atoms. The van der Waals surface area contributed by atoms with Crippen molar-refractivity contribution < 1.29 is 4.74 Å². The first-order chi connectivity index (χ1) is 12.7. The molecule has 2 aliphatic rings. The van der Waals surface area contributed by atoms with Crippen molar-refractivity contribution in [3.8, 4) is 5.75 Å². The van der Waals surface area contributed by atoms with E-state index in [1.165, 1.54) is 55.2 Å². The van der Waals surface area contributed by atoms with E-state index < -0.39 is 0 Å². The standard InChI is InChI=1S/C24H31NO/c1-3-24(25-2)21-11-9-19-10-14-23(16-20(19)15-22(24)13-12-21)26-17-18-7-5-4-6-8-18/h4-8,10,14,16,21-22,25H,3,9,11-13,15,17H2,1-2H3/t21-,22-,24-/m1/s1. The van der Waals surface area contributed by atoms with Crippen molar-refractivity contribution in [2.24, 2.45) is 11.8 Å². The van der Waals surface area contributed by atoms with Gasteiger partial charge >= 0.3 is 0 Å². The number of benzene rings is 2. The molecule has 26 heavy (non-hydrogen) atoms. The maximum absolute atomic E-state index is 6.10. The quantitative estimate of drug-likeness (QED) is 0.806. The van der Waals surface area contributed by atoms with Gasteiger partial charge in [0.1, 0.15) is 12.4 Å². The molecule has 1 fully saturated rings. The van der Waals surface area contributed by atoms with Crippen molar-refractivity contribution in [1.82, 2.24) is 5.32 Å². The van der Waals surface area contributed by atoms with Gasteiger partial charge in [0.2, 0.25) is 0 Å². The molecular weight excluding hydrogens is 318 g/mol. The van der Waals surface area contributed by atoms with Crippen LogP contribution in [0.15, 0.2) is 48.5 Å². The van der Waals surface area contributed by atoms with Crippen molar-refractivity contribution in [2.75, 3.05) is 7.05 Å². The Bertz CT molecular complexity index is 735. The maximum Gasteiger partial charge on any atom is 0.120 e. The average Bonchev–Trinajstić information content (AvgIpc) is 3.06. The fourth-order valence-corrected chi connectivity index (χ4v) is 5.56. The summed E-state index contributed by atoms with van der Waals surface area (Å²) >= 11 is 0. The van der Waals surface area contributed by atoms with Gasteiger partial charge in [-0.3, -0.25) is 0 Å². The van der Waals surface area contributed by atoms with Crippen molar-refractivity contribution in [2.45, 2.75) is 57.6 Å². The Kier molecular flexibility index (Phi) is 5.04. The minimum atomic E-state index is 0.332. The molecule has 2 aliphatic carbocycles. The summed E-state index contributed by atoms with van der Waals surface area (Å²) in [7, 11) is 2.18. The lowest BCUT2D eigenvalue weighted by molar-refractivity contribution is 0.174. The second kappa shape index (κ2) is 7.44. The summed E-state index contributed by atoms with van der Waals surface area (Å²) in [4.78, 5) is 0. The largest absolute Gasteiger partial charge is 0.489 e. The van der Waals surface area contributed by atoms with Crippen LogP contribution in [0.3, 0.4) is 0 Å².